The lowest BCUT2D eigenvalue weighted by Crippen LogP contribution is -2.48. The number of rotatable bonds is 8. The second-order valence-electron chi connectivity index (χ2n) is 8.61. The summed E-state index contributed by atoms with van der Waals surface area (Å²) in [5, 5.41) is 8.51. The third-order valence-electron chi connectivity index (χ3n) is 4.77. The summed E-state index contributed by atoms with van der Waals surface area (Å²) in [6, 6.07) is 5.74. The first-order valence-corrected chi connectivity index (χ1v) is 10.7. The van der Waals surface area contributed by atoms with Crippen LogP contribution in [0, 0.1) is 0 Å². The van der Waals surface area contributed by atoms with Crippen molar-refractivity contribution in [1.82, 2.24) is 15.5 Å². The van der Waals surface area contributed by atoms with Gasteiger partial charge in [0, 0.05) is 30.6 Å². The van der Waals surface area contributed by atoms with Gasteiger partial charge in [-0.25, -0.2) is 14.4 Å². The number of ether oxygens (including phenoxy) is 2. The summed E-state index contributed by atoms with van der Waals surface area (Å²) in [7, 11) is 1.53. The zero-order valence-corrected chi connectivity index (χ0v) is 19.7. The quantitative estimate of drug-likeness (QED) is 0.418. The Morgan fingerprint density at radius 2 is 1.81 bits per heavy atom. The fourth-order valence-electron chi connectivity index (χ4n) is 3.35. The number of urea groups is 2. The number of hydrogen-bond donors (Lipinski definition) is 3. The Balaban J connectivity index is 2.29. The highest BCUT2D eigenvalue weighted by Crippen LogP contribution is 2.32. The number of allylic oxidation sites excluding steroid dienone is 1. The van der Waals surface area contributed by atoms with Crippen molar-refractivity contribution in [3.8, 4) is 0 Å². The first-order valence-electron chi connectivity index (χ1n) is 10.7. The number of anilines is 1. The van der Waals surface area contributed by atoms with Gasteiger partial charge in [0.1, 0.15) is 6.61 Å². The average molecular weight is 447 g/mol. The summed E-state index contributed by atoms with van der Waals surface area (Å²) in [6.45, 7) is 10.3. The number of esters is 1. The van der Waals surface area contributed by atoms with E-state index in [2.05, 4.69) is 16.0 Å². The molecule has 0 aliphatic carbocycles. The van der Waals surface area contributed by atoms with Gasteiger partial charge in [0.25, 0.3) is 0 Å². The first kappa shape index (κ1) is 25.2. The highest BCUT2D eigenvalue weighted by molar-refractivity contribution is 5.95. The van der Waals surface area contributed by atoms with Crippen molar-refractivity contribution in [3.05, 3.63) is 41.1 Å². The summed E-state index contributed by atoms with van der Waals surface area (Å²) in [5.41, 5.74) is 1.88. The van der Waals surface area contributed by atoms with Crippen LogP contribution in [0.15, 0.2) is 35.5 Å². The largest absolute Gasteiger partial charge is 0.460 e. The number of methoxy groups -OCH3 is 1. The average Bonchev–Trinajstić information content (AvgIpc) is 2.70. The summed E-state index contributed by atoms with van der Waals surface area (Å²) < 4.78 is 10.3. The monoisotopic (exact) mass is 446 g/mol. The van der Waals surface area contributed by atoms with Gasteiger partial charge < -0.3 is 25.4 Å². The van der Waals surface area contributed by atoms with Gasteiger partial charge in [0.05, 0.1) is 18.2 Å². The molecule has 0 fully saturated rings. The highest BCUT2D eigenvalue weighted by atomic mass is 16.6. The van der Waals surface area contributed by atoms with Crippen LogP contribution in [0.4, 0.5) is 15.3 Å². The van der Waals surface area contributed by atoms with Crippen molar-refractivity contribution in [1.29, 1.82) is 0 Å². The zero-order valence-electron chi connectivity index (χ0n) is 19.7. The molecule has 9 nitrogen and oxygen atoms in total. The van der Waals surface area contributed by atoms with E-state index in [-0.39, 0.29) is 30.8 Å². The molecule has 1 aliphatic heterocycles. The molecule has 3 N–H and O–H groups in total. The minimum Gasteiger partial charge on any atom is -0.460 e. The molecule has 0 spiro atoms. The van der Waals surface area contributed by atoms with Gasteiger partial charge >= 0.3 is 18.0 Å². The smallest absolute Gasteiger partial charge is 0.338 e. The number of nitrogens with zero attached hydrogens (tertiary/aromatic N) is 1. The lowest BCUT2D eigenvalue weighted by molar-refractivity contribution is -0.140. The Labute approximate surface area is 189 Å². The number of benzene rings is 1. The SMILES string of the molecule is CCCN1C(=O)N[C@@H](c2ccc(NC(=O)NC(C)(C)C)cc2)C(C(=O)OCCOC)=C1C. The maximum atomic E-state index is 12.9. The van der Waals surface area contributed by atoms with E-state index in [0.717, 1.165) is 6.42 Å². The van der Waals surface area contributed by atoms with Crippen molar-refractivity contribution >= 4 is 23.7 Å². The molecule has 1 aromatic rings. The molecule has 0 aromatic heterocycles. The van der Waals surface area contributed by atoms with Gasteiger partial charge in [-0.2, -0.15) is 0 Å². The Kier molecular flexibility index (Phi) is 8.65. The summed E-state index contributed by atoms with van der Waals surface area (Å²) >= 11 is 0. The van der Waals surface area contributed by atoms with E-state index in [1.807, 2.05) is 27.7 Å². The van der Waals surface area contributed by atoms with Crippen LogP contribution in [0.1, 0.15) is 52.6 Å². The van der Waals surface area contributed by atoms with Crippen molar-refractivity contribution in [2.24, 2.45) is 0 Å². The normalized spacial score (nSPS) is 16.5. The molecule has 1 atom stereocenters. The Morgan fingerprint density at radius 1 is 1.16 bits per heavy atom. The van der Waals surface area contributed by atoms with Crippen molar-refractivity contribution in [2.45, 2.75) is 52.6 Å². The molecule has 1 aromatic carbocycles. The van der Waals surface area contributed by atoms with Crippen molar-refractivity contribution < 1.29 is 23.9 Å². The molecule has 0 unspecified atom stereocenters. The Bertz CT molecular complexity index is 858. The van der Waals surface area contributed by atoms with Crippen LogP contribution in [0.2, 0.25) is 0 Å². The lowest BCUT2D eigenvalue weighted by Gasteiger charge is -2.35. The Hall–Kier alpha value is -3.07. The lowest BCUT2D eigenvalue weighted by atomic mass is 9.94. The number of carbonyl (C=O) groups excluding carboxylic acids is 3. The molecule has 0 bridgehead atoms. The topological polar surface area (TPSA) is 109 Å². The fourth-order valence-corrected chi connectivity index (χ4v) is 3.35. The van der Waals surface area contributed by atoms with Gasteiger partial charge in [-0.1, -0.05) is 19.1 Å². The van der Waals surface area contributed by atoms with E-state index in [9.17, 15) is 14.4 Å². The maximum Gasteiger partial charge on any atom is 0.338 e. The summed E-state index contributed by atoms with van der Waals surface area (Å²) in [5.74, 6) is -0.502. The Morgan fingerprint density at radius 3 is 2.38 bits per heavy atom. The molecule has 4 amide bonds. The van der Waals surface area contributed by atoms with E-state index in [4.69, 9.17) is 9.47 Å². The maximum absolute atomic E-state index is 12.9. The molecular formula is C23H34N4O5. The van der Waals surface area contributed by atoms with Crippen LogP contribution < -0.4 is 16.0 Å². The summed E-state index contributed by atoms with van der Waals surface area (Å²) in [4.78, 5) is 39.2. The number of nitrogens with one attached hydrogen (secondary N) is 3. The number of carbonyl (C=O) groups is 3. The van der Waals surface area contributed by atoms with E-state index in [0.29, 0.717) is 29.1 Å². The molecule has 1 aliphatic rings. The van der Waals surface area contributed by atoms with Gasteiger partial charge in [0.2, 0.25) is 0 Å². The minimum atomic E-state index is -0.664. The van der Waals surface area contributed by atoms with Crippen LogP contribution >= 0.6 is 0 Å². The molecule has 0 radical (unpaired) electrons. The predicted octanol–water partition coefficient (Wildman–Crippen LogP) is 3.55. The minimum absolute atomic E-state index is 0.117. The highest BCUT2D eigenvalue weighted by Gasteiger charge is 2.36. The third-order valence-corrected chi connectivity index (χ3v) is 4.77. The molecule has 2 rings (SSSR count). The molecule has 32 heavy (non-hydrogen) atoms. The zero-order chi connectivity index (χ0) is 23.9. The van der Waals surface area contributed by atoms with E-state index in [1.165, 1.54) is 7.11 Å². The molecule has 1 heterocycles. The molecule has 9 heteroatoms. The van der Waals surface area contributed by atoms with Gasteiger partial charge in [0.15, 0.2) is 0 Å². The molecular weight excluding hydrogens is 412 g/mol. The second kappa shape index (κ2) is 11.0. The molecule has 176 valence electrons. The van der Waals surface area contributed by atoms with Crippen molar-refractivity contribution in [2.75, 3.05) is 32.2 Å². The number of amides is 4. The third kappa shape index (κ3) is 6.71. The van der Waals surface area contributed by atoms with Crippen LogP contribution in [-0.4, -0.2) is 55.3 Å². The van der Waals surface area contributed by atoms with Crippen LogP contribution in [0.3, 0.4) is 0 Å². The van der Waals surface area contributed by atoms with Gasteiger partial charge in [-0.15, -0.1) is 0 Å². The van der Waals surface area contributed by atoms with E-state index in [1.54, 1.807) is 36.1 Å². The number of hydrogen-bond acceptors (Lipinski definition) is 5. The van der Waals surface area contributed by atoms with Crippen molar-refractivity contribution in [3.63, 3.8) is 0 Å². The van der Waals surface area contributed by atoms with E-state index < -0.39 is 12.0 Å². The summed E-state index contributed by atoms with van der Waals surface area (Å²) in [6.07, 6.45) is 0.748. The van der Waals surface area contributed by atoms with Crippen LogP contribution in [-0.2, 0) is 14.3 Å². The van der Waals surface area contributed by atoms with Crippen LogP contribution in [0.5, 0.6) is 0 Å². The fraction of sp³-hybridized carbons (Fsp3) is 0.522. The van der Waals surface area contributed by atoms with Gasteiger partial charge in [-0.05, 0) is 51.8 Å². The second-order valence-corrected chi connectivity index (χ2v) is 8.61. The molecule has 0 saturated carbocycles. The molecule has 0 saturated heterocycles. The first-order chi connectivity index (χ1) is 15.1. The van der Waals surface area contributed by atoms with Gasteiger partial charge in [-0.3, -0.25) is 4.90 Å². The standard InChI is InChI=1S/C23H34N4O5/c1-7-12-27-15(2)18(20(28)32-14-13-31-6)19(25-22(27)30)16-8-10-17(11-9-16)24-21(29)26-23(3,4)5/h8-11,19H,7,12-14H2,1-6H3,(H,25,30)(H2,24,26,29)/t19-/m0/s1. The predicted molar refractivity (Wildman–Crippen MR) is 122 cm³/mol. The van der Waals surface area contributed by atoms with E-state index >= 15 is 0 Å². The van der Waals surface area contributed by atoms with Crippen LogP contribution in [0.25, 0.3) is 0 Å².